The lowest BCUT2D eigenvalue weighted by molar-refractivity contribution is 0.559. The Hall–Kier alpha value is -0.480. The van der Waals surface area contributed by atoms with E-state index in [2.05, 4.69) is 46.8 Å². The van der Waals surface area contributed by atoms with Gasteiger partial charge in [0.25, 0.3) is 0 Å². The van der Waals surface area contributed by atoms with E-state index in [1.807, 2.05) is 6.20 Å². The summed E-state index contributed by atoms with van der Waals surface area (Å²) in [5.74, 6) is 2.44. The number of imidazole rings is 1. The van der Waals surface area contributed by atoms with Gasteiger partial charge in [0.05, 0.1) is 0 Å². The molecule has 4 heteroatoms. The van der Waals surface area contributed by atoms with Crippen LogP contribution >= 0.6 is 11.8 Å². The van der Waals surface area contributed by atoms with Crippen LogP contribution in [0, 0.1) is 0 Å². The van der Waals surface area contributed by atoms with E-state index in [-0.39, 0.29) is 0 Å². The Balaban J connectivity index is 1.81. The average molecular weight is 281 g/mol. The van der Waals surface area contributed by atoms with Crippen molar-refractivity contribution < 1.29 is 0 Å². The highest BCUT2D eigenvalue weighted by Crippen LogP contribution is 2.29. The van der Waals surface area contributed by atoms with E-state index >= 15 is 0 Å². The van der Waals surface area contributed by atoms with E-state index in [1.54, 1.807) is 0 Å². The largest absolute Gasteiger partial charge is 0.335 e. The van der Waals surface area contributed by atoms with E-state index in [0.717, 1.165) is 18.2 Å². The molecule has 1 aliphatic rings. The van der Waals surface area contributed by atoms with Gasteiger partial charge in [-0.1, -0.05) is 19.8 Å². The van der Waals surface area contributed by atoms with Gasteiger partial charge in [0.1, 0.15) is 5.82 Å². The van der Waals surface area contributed by atoms with E-state index in [4.69, 9.17) is 0 Å². The van der Waals surface area contributed by atoms with E-state index in [0.29, 0.717) is 6.04 Å². The first-order chi connectivity index (χ1) is 9.33. The quantitative estimate of drug-likeness (QED) is 0.794. The van der Waals surface area contributed by atoms with Crippen molar-refractivity contribution in [2.24, 2.45) is 0 Å². The second-order valence-corrected chi connectivity index (χ2v) is 6.80. The summed E-state index contributed by atoms with van der Waals surface area (Å²) in [4.78, 5) is 4.52. The third kappa shape index (κ3) is 4.53. The highest BCUT2D eigenvalue weighted by Gasteiger charge is 2.18. The molecule has 0 aliphatic heterocycles. The first-order valence-corrected chi connectivity index (χ1v) is 8.67. The summed E-state index contributed by atoms with van der Waals surface area (Å²) in [6, 6.07) is 0.545. The second-order valence-electron chi connectivity index (χ2n) is 5.47. The lowest BCUT2D eigenvalue weighted by Crippen LogP contribution is -2.32. The van der Waals surface area contributed by atoms with Crippen LogP contribution in [0.1, 0.15) is 44.9 Å². The molecule has 0 saturated heterocycles. The first-order valence-electron chi connectivity index (χ1n) is 7.62. The average Bonchev–Trinajstić information content (AvgIpc) is 3.07. The number of aryl methyl sites for hydroxylation is 1. The highest BCUT2D eigenvalue weighted by atomic mass is 32.2. The van der Waals surface area contributed by atoms with Crippen molar-refractivity contribution in [3.05, 3.63) is 18.2 Å². The molecule has 0 spiro atoms. The van der Waals surface area contributed by atoms with Gasteiger partial charge in [-0.15, -0.1) is 0 Å². The molecule has 1 aliphatic carbocycles. The molecular formula is C15H27N3S. The van der Waals surface area contributed by atoms with Crippen LogP contribution < -0.4 is 5.32 Å². The number of likely N-dealkylation sites (N-methyl/N-ethyl adjacent to an activating group) is 1. The van der Waals surface area contributed by atoms with Crippen molar-refractivity contribution >= 4 is 11.8 Å². The molecule has 0 amide bonds. The first kappa shape index (κ1) is 14.9. The number of hydrogen-bond donors (Lipinski definition) is 1. The van der Waals surface area contributed by atoms with E-state index < -0.39 is 0 Å². The third-order valence-electron chi connectivity index (χ3n) is 3.94. The maximum absolute atomic E-state index is 4.52. The van der Waals surface area contributed by atoms with Gasteiger partial charge in [0, 0.05) is 42.4 Å². The smallest absolute Gasteiger partial charge is 0.110 e. The molecule has 108 valence electrons. The van der Waals surface area contributed by atoms with Crippen molar-refractivity contribution in [1.29, 1.82) is 0 Å². The van der Waals surface area contributed by atoms with Crippen LogP contribution in [0.2, 0.25) is 0 Å². The molecule has 0 radical (unpaired) electrons. The highest BCUT2D eigenvalue weighted by molar-refractivity contribution is 7.99. The number of nitrogens with one attached hydrogen (secondary N) is 1. The normalized spacial score (nSPS) is 18.0. The summed E-state index contributed by atoms with van der Waals surface area (Å²) in [6.45, 7) is 3.30. The van der Waals surface area contributed by atoms with Crippen LogP contribution in [0.25, 0.3) is 0 Å². The Kier molecular flexibility index (Phi) is 6.24. The summed E-state index contributed by atoms with van der Waals surface area (Å²) in [6.07, 6.45) is 12.0. The minimum Gasteiger partial charge on any atom is -0.335 e. The molecule has 1 heterocycles. The monoisotopic (exact) mass is 281 g/mol. The van der Waals surface area contributed by atoms with Gasteiger partial charge in [-0.25, -0.2) is 4.98 Å². The minimum absolute atomic E-state index is 0.545. The van der Waals surface area contributed by atoms with Crippen molar-refractivity contribution in [2.75, 3.05) is 12.8 Å². The Morgan fingerprint density at radius 2 is 2.26 bits per heavy atom. The molecule has 1 N–H and O–H groups in total. The fraction of sp³-hybridized carbons (Fsp3) is 0.800. The lowest BCUT2D eigenvalue weighted by Gasteiger charge is -2.18. The topological polar surface area (TPSA) is 29.9 Å². The summed E-state index contributed by atoms with van der Waals surface area (Å²) in [5.41, 5.74) is 0. The zero-order valence-corrected chi connectivity index (χ0v) is 13.1. The Morgan fingerprint density at radius 1 is 1.47 bits per heavy atom. The summed E-state index contributed by atoms with van der Waals surface area (Å²) < 4.78 is 2.30. The lowest BCUT2D eigenvalue weighted by atomic mass is 10.2. The zero-order valence-electron chi connectivity index (χ0n) is 12.3. The number of hydrogen-bond acceptors (Lipinski definition) is 3. The van der Waals surface area contributed by atoms with Crippen molar-refractivity contribution in [3.8, 4) is 0 Å². The van der Waals surface area contributed by atoms with Crippen molar-refractivity contribution in [1.82, 2.24) is 14.9 Å². The van der Waals surface area contributed by atoms with Crippen LogP contribution in [-0.2, 0) is 13.0 Å². The number of nitrogens with zero attached hydrogens (tertiary/aromatic N) is 2. The standard InChI is InChI=1S/C15H27N3S/c1-3-9-18-10-8-17-15(18)11-13(16-2)12-19-14-6-4-5-7-14/h8,10,13-14,16H,3-7,9,11-12H2,1-2H3. The van der Waals surface area contributed by atoms with E-state index in [1.165, 1.54) is 43.7 Å². The molecule has 1 atom stereocenters. The molecule has 0 bridgehead atoms. The van der Waals surface area contributed by atoms with E-state index in [9.17, 15) is 0 Å². The number of aromatic nitrogens is 2. The molecule has 2 rings (SSSR count). The zero-order chi connectivity index (χ0) is 13.5. The maximum atomic E-state index is 4.52. The van der Waals surface area contributed by atoms with Gasteiger partial charge in [-0.2, -0.15) is 11.8 Å². The van der Waals surface area contributed by atoms with Gasteiger partial charge in [-0.05, 0) is 26.3 Å². The number of rotatable bonds is 8. The van der Waals surface area contributed by atoms with Crippen LogP contribution in [0.5, 0.6) is 0 Å². The molecule has 1 saturated carbocycles. The Labute approximate surface area is 121 Å². The Bertz CT molecular complexity index is 358. The van der Waals surface area contributed by atoms with Crippen LogP contribution in [-0.4, -0.2) is 33.6 Å². The van der Waals surface area contributed by atoms with Gasteiger partial charge in [0.2, 0.25) is 0 Å². The summed E-state index contributed by atoms with van der Waals surface area (Å²) in [7, 11) is 2.08. The fourth-order valence-electron chi connectivity index (χ4n) is 2.75. The minimum atomic E-state index is 0.545. The Morgan fingerprint density at radius 3 is 2.95 bits per heavy atom. The molecule has 1 fully saturated rings. The van der Waals surface area contributed by atoms with Crippen molar-refractivity contribution in [3.63, 3.8) is 0 Å². The summed E-state index contributed by atoms with van der Waals surface area (Å²) >= 11 is 2.16. The molecule has 1 aromatic rings. The predicted octanol–water partition coefficient (Wildman–Crippen LogP) is 3.10. The van der Waals surface area contributed by atoms with Crippen LogP contribution in [0.15, 0.2) is 12.4 Å². The molecule has 1 aromatic heterocycles. The predicted molar refractivity (Wildman–Crippen MR) is 83.8 cm³/mol. The molecule has 19 heavy (non-hydrogen) atoms. The van der Waals surface area contributed by atoms with Crippen LogP contribution in [0.3, 0.4) is 0 Å². The van der Waals surface area contributed by atoms with Gasteiger partial charge >= 0.3 is 0 Å². The molecular weight excluding hydrogens is 254 g/mol. The summed E-state index contributed by atoms with van der Waals surface area (Å²) in [5, 5.41) is 4.37. The fourth-order valence-corrected chi connectivity index (χ4v) is 4.20. The van der Waals surface area contributed by atoms with Gasteiger partial charge in [0.15, 0.2) is 0 Å². The number of thioether (sulfide) groups is 1. The molecule has 1 unspecified atom stereocenters. The van der Waals surface area contributed by atoms with Crippen molar-refractivity contribution in [2.45, 2.75) is 63.3 Å². The van der Waals surface area contributed by atoms with Gasteiger partial charge < -0.3 is 9.88 Å². The SMILES string of the molecule is CCCn1ccnc1CC(CSC1CCCC1)NC. The maximum Gasteiger partial charge on any atom is 0.110 e. The molecule has 0 aromatic carbocycles. The van der Waals surface area contributed by atoms with Crippen LogP contribution in [0.4, 0.5) is 0 Å². The molecule has 3 nitrogen and oxygen atoms in total. The second kappa shape index (κ2) is 7.95. The van der Waals surface area contributed by atoms with Gasteiger partial charge in [-0.3, -0.25) is 0 Å². The third-order valence-corrected chi connectivity index (χ3v) is 5.48.